The first-order valence-corrected chi connectivity index (χ1v) is 11.5. The van der Waals surface area contributed by atoms with Crippen molar-refractivity contribution in [3.63, 3.8) is 0 Å². The molecule has 1 N–H and O–H groups in total. The van der Waals surface area contributed by atoms with Crippen molar-refractivity contribution in [3.8, 4) is 17.0 Å². The Labute approximate surface area is 206 Å². The van der Waals surface area contributed by atoms with Crippen LogP contribution in [0.4, 0.5) is 24.5 Å². The molecule has 1 saturated heterocycles. The highest BCUT2D eigenvalue weighted by Gasteiger charge is 2.43. The Balaban J connectivity index is 1.44. The molecule has 0 bridgehead atoms. The molecule has 2 aromatic heterocycles. The second kappa shape index (κ2) is 8.77. The van der Waals surface area contributed by atoms with Gasteiger partial charge in [0.15, 0.2) is 5.75 Å². The number of fused-ring (bicyclic) bond motifs is 3. The maximum absolute atomic E-state index is 13.0. The fourth-order valence-corrected chi connectivity index (χ4v) is 4.61. The van der Waals surface area contributed by atoms with E-state index in [0.29, 0.717) is 30.3 Å². The zero-order chi connectivity index (χ0) is 25.7. The van der Waals surface area contributed by atoms with Crippen LogP contribution in [0.5, 0.6) is 5.75 Å². The smallest absolute Gasteiger partial charge is 0.433 e. The zero-order valence-electron chi connectivity index (χ0n) is 20.0. The van der Waals surface area contributed by atoms with Crippen LogP contribution in [0.1, 0.15) is 35.5 Å². The first-order valence-electron chi connectivity index (χ1n) is 11.5. The van der Waals surface area contributed by atoms with E-state index >= 15 is 0 Å². The molecule has 1 atom stereocenters. The number of alkyl halides is 3. The first kappa shape index (κ1) is 24.1. The van der Waals surface area contributed by atoms with E-state index < -0.39 is 23.4 Å². The van der Waals surface area contributed by atoms with Crippen LogP contribution in [-0.4, -0.2) is 47.3 Å². The Morgan fingerprint density at radius 2 is 1.97 bits per heavy atom. The Bertz CT molecular complexity index is 1330. The molecule has 3 aromatic rings. The van der Waals surface area contributed by atoms with Crippen LogP contribution >= 0.6 is 0 Å². The van der Waals surface area contributed by atoms with E-state index in [2.05, 4.69) is 20.2 Å². The molecule has 188 valence electrons. The summed E-state index contributed by atoms with van der Waals surface area (Å²) in [6, 6.07) is 9.29. The number of hydrogen-bond acceptors (Lipinski definition) is 6. The second-order valence-corrected chi connectivity index (χ2v) is 9.44. The Kier molecular flexibility index (Phi) is 5.86. The number of pyridine rings is 2. The van der Waals surface area contributed by atoms with Gasteiger partial charge in [-0.2, -0.15) is 13.2 Å². The average Bonchev–Trinajstić information content (AvgIpc) is 2.84. The molecule has 36 heavy (non-hydrogen) atoms. The standard InChI is InChI=1S/C26H25F3N4O3/c1-15-4-5-17(32-24(34)16-6-7-30-22(10-16)26(27,28)29)11-18(15)19-12-20-21(13-31-19)36-25(2,3)23-14-35-9-8-33(20)23/h4-7,10-13,23H,8-9,14H2,1-3H3,(H,32,34). The van der Waals surface area contributed by atoms with Crippen molar-refractivity contribution in [2.45, 2.75) is 38.6 Å². The molecule has 2 aliphatic heterocycles. The number of nitrogens with one attached hydrogen (secondary N) is 1. The monoisotopic (exact) mass is 498 g/mol. The summed E-state index contributed by atoms with van der Waals surface area (Å²) in [7, 11) is 0. The number of nitrogens with zero attached hydrogens (tertiary/aromatic N) is 3. The number of hydrogen-bond donors (Lipinski definition) is 1. The van der Waals surface area contributed by atoms with E-state index in [1.165, 1.54) is 6.07 Å². The van der Waals surface area contributed by atoms with Gasteiger partial charge < -0.3 is 19.7 Å². The van der Waals surface area contributed by atoms with Crippen molar-refractivity contribution in [2.75, 3.05) is 30.0 Å². The maximum Gasteiger partial charge on any atom is 0.433 e. The fourth-order valence-electron chi connectivity index (χ4n) is 4.61. The molecule has 2 aliphatic rings. The summed E-state index contributed by atoms with van der Waals surface area (Å²) in [4.78, 5) is 22.9. The van der Waals surface area contributed by atoms with Crippen molar-refractivity contribution < 1.29 is 27.4 Å². The number of carbonyl (C=O) groups excluding carboxylic acids is 1. The third-order valence-electron chi connectivity index (χ3n) is 6.54. The van der Waals surface area contributed by atoms with Gasteiger partial charge in [-0.25, -0.2) is 0 Å². The largest absolute Gasteiger partial charge is 0.482 e. The summed E-state index contributed by atoms with van der Waals surface area (Å²) in [6.07, 6.45) is -1.96. The van der Waals surface area contributed by atoms with Crippen LogP contribution in [-0.2, 0) is 10.9 Å². The van der Waals surface area contributed by atoms with Gasteiger partial charge in [0.25, 0.3) is 5.91 Å². The summed E-state index contributed by atoms with van der Waals surface area (Å²) in [5, 5.41) is 2.68. The van der Waals surface area contributed by atoms with Gasteiger partial charge in [-0.15, -0.1) is 0 Å². The summed E-state index contributed by atoms with van der Waals surface area (Å²) in [6.45, 7) is 7.91. The van der Waals surface area contributed by atoms with E-state index in [-0.39, 0.29) is 11.6 Å². The highest BCUT2D eigenvalue weighted by molar-refractivity contribution is 6.04. The number of anilines is 2. The first-order chi connectivity index (χ1) is 17.0. The Morgan fingerprint density at radius 3 is 2.75 bits per heavy atom. The van der Waals surface area contributed by atoms with Crippen molar-refractivity contribution in [1.82, 2.24) is 9.97 Å². The minimum absolute atomic E-state index is 0.0580. The van der Waals surface area contributed by atoms with Gasteiger partial charge in [-0.05, 0) is 56.7 Å². The van der Waals surface area contributed by atoms with Gasteiger partial charge in [-0.1, -0.05) is 6.07 Å². The predicted octanol–water partition coefficient (Wildman–Crippen LogP) is 5.10. The molecule has 1 aromatic carbocycles. The molecule has 0 radical (unpaired) electrons. The number of morpholine rings is 1. The molecule has 5 rings (SSSR count). The summed E-state index contributed by atoms with van der Waals surface area (Å²) in [5.41, 5.74) is 2.09. The summed E-state index contributed by atoms with van der Waals surface area (Å²) < 4.78 is 50.9. The van der Waals surface area contributed by atoms with Gasteiger partial charge in [0, 0.05) is 29.6 Å². The lowest BCUT2D eigenvalue weighted by Crippen LogP contribution is -2.61. The summed E-state index contributed by atoms with van der Waals surface area (Å²) in [5.74, 6) is 0.0325. The number of rotatable bonds is 3. The molecule has 0 saturated carbocycles. The minimum atomic E-state index is -4.64. The number of amides is 1. The van der Waals surface area contributed by atoms with Gasteiger partial charge in [-0.3, -0.25) is 14.8 Å². The molecule has 4 heterocycles. The average molecular weight is 499 g/mol. The van der Waals surface area contributed by atoms with Crippen LogP contribution < -0.4 is 15.0 Å². The van der Waals surface area contributed by atoms with Gasteiger partial charge in [0.05, 0.1) is 36.8 Å². The normalized spacial score (nSPS) is 18.6. The third kappa shape index (κ3) is 4.48. The number of benzene rings is 1. The van der Waals surface area contributed by atoms with Crippen molar-refractivity contribution >= 4 is 17.3 Å². The molecular weight excluding hydrogens is 473 g/mol. The Morgan fingerprint density at radius 1 is 1.17 bits per heavy atom. The van der Waals surface area contributed by atoms with Crippen LogP contribution in [0.3, 0.4) is 0 Å². The van der Waals surface area contributed by atoms with Crippen molar-refractivity contribution in [2.24, 2.45) is 0 Å². The topological polar surface area (TPSA) is 76.6 Å². The SMILES string of the molecule is Cc1ccc(NC(=O)c2ccnc(C(F)(F)F)c2)cc1-c1cc2c(cn1)OC(C)(C)C1COCCN21. The van der Waals surface area contributed by atoms with E-state index in [9.17, 15) is 18.0 Å². The van der Waals surface area contributed by atoms with Crippen molar-refractivity contribution in [3.05, 3.63) is 65.6 Å². The van der Waals surface area contributed by atoms with E-state index in [1.807, 2.05) is 32.9 Å². The zero-order valence-corrected chi connectivity index (χ0v) is 20.0. The molecule has 10 heteroatoms. The van der Waals surface area contributed by atoms with E-state index in [1.54, 1.807) is 18.3 Å². The fraction of sp³-hybridized carbons (Fsp3) is 0.346. The van der Waals surface area contributed by atoms with E-state index in [4.69, 9.17) is 9.47 Å². The highest BCUT2D eigenvalue weighted by atomic mass is 19.4. The molecule has 1 amide bonds. The number of aryl methyl sites for hydroxylation is 1. The van der Waals surface area contributed by atoms with Crippen LogP contribution in [0.15, 0.2) is 48.8 Å². The predicted molar refractivity (Wildman–Crippen MR) is 128 cm³/mol. The van der Waals surface area contributed by atoms with Crippen LogP contribution in [0, 0.1) is 6.92 Å². The van der Waals surface area contributed by atoms with Crippen LogP contribution in [0.25, 0.3) is 11.3 Å². The molecule has 0 spiro atoms. The summed E-state index contributed by atoms with van der Waals surface area (Å²) >= 11 is 0. The van der Waals surface area contributed by atoms with Crippen LogP contribution in [0.2, 0.25) is 0 Å². The molecule has 7 nitrogen and oxygen atoms in total. The molecule has 1 fully saturated rings. The van der Waals surface area contributed by atoms with Gasteiger partial charge in [0.2, 0.25) is 0 Å². The number of aromatic nitrogens is 2. The lowest BCUT2D eigenvalue weighted by molar-refractivity contribution is -0.141. The van der Waals surface area contributed by atoms with Gasteiger partial charge in [0.1, 0.15) is 11.3 Å². The molecule has 1 unspecified atom stereocenters. The minimum Gasteiger partial charge on any atom is -0.482 e. The third-order valence-corrected chi connectivity index (χ3v) is 6.54. The maximum atomic E-state index is 13.0. The lowest BCUT2D eigenvalue weighted by atomic mass is 9.93. The van der Waals surface area contributed by atoms with Crippen molar-refractivity contribution in [1.29, 1.82) is 0 Å². The molecular formula is C26H25F3N4O3. The Hall–Kier alpha value is -3.66. The number of carbonyl (C=O) groups is 1. The molecule has 0 aliphatic carbocycles. The lowest BCUT2D eigenvalue weighted by Gasteiger charge is -2.49. The van der Waals surface area contributed by atoms with E-state index in [0.717, 1.165) is 35.6 Å². The second-order valence-electron chi connectivity index (χ2n) is 9.44. The number of ether oxygens (including phenoxy) is 2. The quantitative estimate of drug-likeness (QED) is 0.542. The van der Waals surface area contributed by atoms with Gasteiger partial charge >= 0.3 is 6.18 Å². The highest BCUT2D eigenvalue weighted by Crippen LogP contribution is 2.43. The number of halogens is 3.